The highest BCUT2D eigenvalue weighted by atomic mass is 32.2. The van der Waals surface area contributed by atoms with Crippen LogP contribution in [-0.2, 0) is 15.4 Å². The van der Waals surface area contributed by atoms with Crippen molar-refractivity contribution in [2.75, 3.05) is 6.54 Å². The van der Waals surface area contributed by atoms with E-state index in [0.29, 0.717) is 12.1 Å². The van der Waals surface area contributed by atoms with E-state index in [0.717, 1.165) is 35.4 Å². The summed E-state index contributed by atoms with van der Waals surface area (Å²) in [4.78, 5) is 2.20. The number of hydrogen-bond acceptors (Lipinski definition) is 5. The Hall–Kier alpha value is -1.72. The molecule has 1 fully saturated rings. The zero-order valence-electron chi connectivity index (χ0n) is 14.6. The number of sulfonamides is 1. The SMILES string of the molecule is CC(O)c1ccc(C2(CNS(=O)(=O)c3ccc(C#N)cc3)CCCC2)s1. The van der Waals surface area contributed by atoms with Crippen molar-refractivity contribution in [3.05, 3.63) is 51.7 Å². The maximum Gasteiger partial charge on any atom is 0.240 e. The molecule has 0 spiro atoms. The molecular formula is C19H22N2O3S2. The molecule has 1 aromatic heterocycles. The zero-order chi connectivity index (χ0) is 18.8. The number of benzene rings is 1. The van der Waals surface area contributed by atoms with Crippen LogP contribution in [0.15, 0.2) is 41.3 Å². The minimum atomic E-state index is -3.63. The summed E-state index contributed by atoms with van der Waals surface area (Å²) in [7, 11) is -3.63. The first-order valence-electron chi connectivity index (χ1n) is 8.64. The standard InChI is InChI=1S/C19H22N2O3S2/c1-14(22)17-8-9-18(25-17)19(10-2-3-11-19)13-21-26(23,24)16-6-4-15(12-20)5-7-16/h4-9,14,21-22H,2-3,10-11,13H2,1H3. The molecule has 1 atom stereocenters. The van der Waals surface area contributed by atoms with Gasteiger partial charge in [-0.05, 0) is 56.2 Å². The summed E-state index contributed by atoms with van der Waals surface area (Å²) in [5.74, 6) is 0. The highest BCUT2D eigenvalue weighted by Crippen LogP contribution is 2.44. The highest BCUT2D eigenvalue weighted by molar-refractivity contribution is 7.89. The molecule has 0 aliphatic heterocycles. The van der Waals surface area contributed by atoms with Gasteiger partial charge in [0, 0.05) is 21.7 Å². The fraction of sp³-hybridized carbons (Fsp3) is 0.421. The van der Waals surface area contributed by atoms with Crippen LogP contribution >= 0.6 is 11.3 Å². The second-order valence-corrected chi connectivity index (χ2v) is 9.71. The van der Waals surface area contributed by atoms with Crippen molar-refractivity contribution in [2.45, 2.75) is 49.0 Å². The van der Waals surface area contributed by atoms with Crippen molar-refractivity contribution >= 4 is 21.4 Å². The maximum atomic E-state index is 12.6. The van der Waals surface area contributed by atoms with Crippen LogP contribution in [0.5, 0.6) is 0 Å². The van der Waals surface area contributed by atoms with E-state index in [4.69, 9.17) is 5.26 Å². The number of nitrogens with one attached hydrogen (secondary N) is 1. The number of rotatable bonds is 6. The van der Waals surface area contributed by atoms with Crippen molar-refractivity contribution in [1.82, 2.24) is 4.72 Å². The molecule has 26 heavy (non-hydrogen) atoms. The third kappa shape index (κ3) is 3.84. The monoisotopic (exact) mass is 390 g/mol. The predicted octanol–water partition coefficient (Wildman–Crippen LogP) is 3.46. The topological polar surface area (TPSA) is 90.2 Å². The predicted molar refractivity (Wildman–Crippen MR) is 101 cm³/mol. The molecular weight excluding hydrogens is 368 g/mol. The summed E-state index contributed by atoms with van der Waals surface area (Å²) >= 11 is 1.57. The van der Waals surface area contributed by atoms with Crippen molar-refractivity contribution < 1.29 is 13.5 Å². The molecule has 0 saturated heterocycles. The molecule has 0 radical (unpaired) electrons. The lowest BCUT2D eigenvalue weighted by atomic mass is 9.85. The Labute approximate surface area is 158 Å². The molecule has 2 N–H and O–H groups in total. The molecule has 1 unspecified atom stereocenters. The minimum absolute atomic E-state index is 0.167. The van der Waals surface area contributed by atoms with Crippen LogP contribution in [0.1, 0.15) is 54.0 Å². The molecule has 3 rings (SSSR count). The van der Waals surface area contributed by atoms with Crippen LogP contribution in [0.2, 0.25) is 0 Å². The molecule has 1 heterocycles. The molecule has 1 aliphatic rings. The number of aliphatic hydroxyl groups excluding tert-OH is 1. The molecule has 2 aromatic rings. The number of hydrogen-bond donors (Lipinski definition) is 2. The molecule has 138 valence electrons. The van der Waals surface area contributed by atoms with E-state index in [1.54, 1.807) is 18.3 Å². The largest absolute Gasteiger partial charge is 0.388 e. The average molecular weight is 391 g/mol. The lowest BCUT2D eigenvalue weighted by molar-refractivity contribution is 0.203. The zero-order valence-corrected chi connectivity index (χ0v) is 16.2. The molecule has 1 aliphatic carbocycles. The Balaban J connectivity index is 1.80. The average Bonchev–Trinajstić information content (AvgIpc) is 3.30. The summed E-state index contributed by atoms with van der Waals surface area (Å²) in [6.07, 6.45) is 3.49. The van der Waals surface area contributed by atoms with Crippen LogP contribution in [-0.4, -0.2) is 20.1 Å². The third-order valence-electron chi connectivity index (χ3n) is 5.02. The first-order valence-corrected chi connectivity index (χ1v) is 10.9. The first-order chi connectivity index (χ1) is 12.4. The lowest BCUT2D eigenvalue weighted by Gasteiger charge is -2.28. The quantitative estimate of drug-likeness (QED) is 0.790. The summed E-state index contributed by atoms with van der Waals surface area (Å²) < 4.78 is 28.1. The van der Waals surface area contributed by atoms with Gasteiger partial charge in [0.15, 0.2) is 0 Å². The van der Waals surface area contributed by atoms with E-state index in [-0.39, 0.29) is 10.3 Å². The summed E-state index contributed by atoms with van der Waals surface area (Å²) in [6, 6.07) is 11.9. The van der Waals surface area contributed by atoms with Crippen LogP contribution in [0.25, 0.3) is 0 Å². The minimum Gasteiger partial charge on any atom is -0.388 e. The summed E-state index contributed by atoms with van der Waals surface area (Å²) in [5, 5.41) is 18.6. The fourth-order valence-electron chi connectivity index (χ4n) is 3.45. The van der Waals surface area contributed by atoms with E-state index in [1.165, 1.54) is 24.3 Å². The van der Waals surface area contributed by atoms with E-state index in [9.17, 15) is 13.5 Å². The van der Waals surface area contributed by atoms with Gasteiger partial charge in [-0.25, -0.2) is 13.1 Å². The molecule has 0 amide bonds. The Bertz CT molecular complexity index is 903. The highest BCUT2D eigenvalue weighted by Gasteiger charge is 2.38. The Morgan fingerprint density at radius 2 is 1.88 bits per heavy atom. The smallest absolute Gasteiger partial charge is 0.240 e. The molecule has 1 saturated carbocycles. The van der Waals surface area contributed by atoms with Gasteiger partial charge in [0.05, 0.1) is 22.6 Å². The van der Waals surface area contributed by atoms with Crippen LogP contribution in [0, 0.1) is 11.3 Å². The van der Waals surface area contributed by atoms with E-state index in [2.05, 4.69) is 4.72 Å². The Morgan fingerprint density at radius 3 is 2.42 bits per heavy atom. The number of thiophene rings is 1. The number of nitriles is 1. The van der Waals surface area contributed by atoms with Gasteiger partial charge in [-0.15, -0.1) is 11.3 Å². The normalized spacial score (nSPS) is 17.7. The Morgan fingerprint density at radius 1 is 1.23 bits per heavy atom. The molecule has 7 heteroatoms. The van der Waals surface area contributed by atoms with Gasteiger partial charge in [-0.2, -0.15) is 5.26 Å². The van der Waals surface area contributed by atoms with Crippen LogP contribution < -0.4 is 4.72 Å². The van der Waals surface area contributed by atoms with Gasteiger partial charge in [-0.1, -0.05) is 12.8 Å². The van der Waals surface area contributed by atoms with Gasteiger partial charge >= 0.3 is 0 Å². The second-order valence-electron chi connectivity index (χ2n) is 6.83. The first kappa shape index (κ1) is 19.1. The fourth-order valence-corrected chi connectivity index (χ4v) is 5.77. The van der Waals surface area contributed by atoms with Crippen molar-refractivity contribution in [2.24, 2.45) is 0 Å². The van der Waals surface area contributed by atoms with Crippen molar-refractivity contribution in [1.29, 1.82) is 5.26 Å². The van der Waals surface area contributed by atoms with Gasteiger partial charge in [0.25, 0.3) is 0 Å². The summed E-state index contributed by atoms with van der Waals surface area (Å²) in [5.41, 5.74) is 0.220. The molecule has 5 nitrogen and oxygen atoms in total. The Kier molecular flexibility index (Phi) is 5.49. The van der Waals surface area contributed by atoms with Crippen LogP contribution in [0.3, 0.4) is 0 Å². The van der Waals surface area contributed by atoms with E-state index >= 15 is 0 Å². The van der Waals surface area contributed by atoms with Gasteiger partial charge < -0.3 is 5.11 Å². The lowest BCUT2D eigenvalue weighted by Crippen LogP contribution is -2.38. The summed E-state index contributed by atoms with van der Waals surface area (Å²) in [6.45, 7) is 2.08. The van der Waals surface area contributed by atoms with Crippen molar-refractivity contribution in [3.8, 4) is 6.07 Å². The number of aliphatic hydroxyl groups is 1. The van der Waals surface area contributed by atoms with E-state index < -0.39 is 16.1 Å². The van der Waals surface area contributed by atoms with Gasteiger partial charge in [0.2, 0.25) is 10.0 Å². The molecule has 1 aromatic carbocycles. The van der Waals surface area contributed by atoms with Gasteiger partial charge in [-0.3, -0.25) is 0 Å². The van der Waals surface area contributed by atoms with E-state index in [1.807, 2.05) is 18.2 Å². The molecule has 0 bridgehead atoms. The van der Waals surface area contributed by atoms with Crippen molar-refractivity contribution in [3.63, 3.8) is 0 Å². The van der Waals surface area contributed by atoms with Gasteiger partial charge in [0.1, 0.15) is 0 Å². The number of nitrogens with zero attached hydrogens (tertiary/aromatic N) is 1. The second kappa shape index (κ2) is 7.49. The van der Waals surface area contributed by atoms with Crippen LogP contribution in [0.4, 0.5) is 0 Å². The maximum absolute atomic E-state index is 12.6. The third-order valence-corrected chi connectivity index (χ3v) is 7.94.